The van der Waals surface area contributed by atoms with Gasteiger partial charge in [-0.25, -0.2) is 4.79 Å². The Morgan fingerprint density at radius 3 is 2.09 bits per heavy atom. The lowest BCUT2D eigenvalue weighted by Crippen LogP contribution is -2.36. The van der Waals surface area contributed by atoms with Crippen molar-refractivity contribution < 1.29 is 9.59 Å². The van der Waals surface area contributed by atoms with Gasteiger partial charge < -0.3 is 5.32 Å². The molecule has 0 aliphatic carbocycles. The second-order valence-electron chi connectivity index (χ2n) is 1.48. The number of carbonyl (C=O) groups is 2. The second-order valence-corrected chi connectivity index (χ2v) is 1.48. The van der Waals surface area contributed by atoms with E-state index in [0.717, 1.165) is 0 Å². The molecule has 0 saturated carbocycles. The van der Waals surface area contributed by atoms with Crippen LogP contribution in [0.2, 0.25) is 0 Å². The van der Waals surface area contributed by atoms with Crippen molar-refractivity contribution in [2.75, 3.05) is 7.05 Å². The molecule has 0 unspecified atom stereocenters. The number of terminal acetylenes is 1. The second kappa shape index (κ2) is 8.50. The predicted molar refractivity (Wildman–Crippen MR) is 42.8 cm³/mol. The highest BCUT2D eigenvalue weighted by atomic mass is 16.2. The molecule has 0 radical (unpaired) electrons. The molecule has 2 N–H and O–H groups in total. The van der Waals surface area contributed by atoms with Crippen LogP contribution in [0, 0.1) is 12.8 Å². The van der Waals surface area contributed by atoms with E-state index >= 15 is 0 Å². The molecule has 0 aliphatic rings. The predicted octanol–water partition coefficient (Wildman–Crippen LogP) is 0.101. The minimum absolute atomic E-state index is 0.269. The van der Waals surface area contributed by atoms with Gasteiger partial charge in [-0.3, -0.25) is 10.1 Å². The average Bonchev–Trinajstić information content (AvgIpc) is 2.07. The Kier molecular flexibility index (Phi) is 9.43. The Bertz CT molecular complexity index is 138. The Labute approximate surface area is 66.4 Å². The quantitative estimate of drug-likeness (QED) is 0.529. The highest BCUT2D eigenvalue weighted by Gasteiger charge is 1.99. The summed E-state index contributed by atoms with van der Waals surface area (Å²) < 4.78 is 0. The number of urea groups is 1. The van der Waals surface area contributed by atoms with E-state index in [1.54, 1.807) is 6.92 Å². The first-order chi connectivity index (χ1) is 5.20. The topological polar surface area (TPSA) is 58.2 Å². The number of imide groups is 1. The van der Waals surface area contributed by atoms with Gasteiger partial charge in [0.1, 0.15) is 0 Å². The van der Waals surface area contributed by atoms with Crippen LogP contribution in [0.1, 0.15) is 13.3 Å². The third kappa shape index (κ3) is 8.50. The largest absolute Gasteiger partial charge is 0.341 e. The third-order valence-electron chi connectivity index (χ3n) is 0.801. The maximum atomic E-state index is 10.4. The van der Waals surface area contributed by atoms with E-state index in [-0.39, 0.29) is 5.91 Å². The van der Waals surface area contributed by atoms with Crippen LogP contribution >= 0.6 is 0 Å². The van der Waals surface area contributed by atoms with E-state index < -0.39 is 6.03 Å². The van der Waals surface area contributed by atoms with Crippen LogP contribution in [-0.2, 0) is 4.79 Å². The molecule has 0 heterocycles. The summed E-state index contributed by atoms with van der Waals surface area (Å²) in [6.45, 7) is 1.68. The molecule has 0 spiro atoms. The van der Waals surface area contributed by atoms with Crippen LogP contribution in [0.25, 0.3) is 0 Å². The van der Waals surface area contributed by atoms with Crippen LogP contribution in [0.4, 0.5) is 4.79 Å². The van der Waals surface area contributed by atoms with Crippen LogP contribution in [-0.4, -0.2) is 19.0 Å². The third-order valence-corrected chi connectivity index (χ3v) is 0.801. The average molecular weight is 156 g/mol. The van der Waals surface area contributed by atoms with Gasteiger partial charge in [-0.2, -0.15) is 0 Å². The van der Waals surface area contributed by atoms with E-state index in [1.807, 2.05) is 0 Å². The zero-order valence-electron chi connectivity index (χ0n) is 6.68. The maximum absolute atomic E-state index is 10.4. The van der Waals surface area contributed by atoms with Gasteiger partial charge in [0, 0.05) is 13.5 Å². The van der Waals surface area contributed by atoms with Crippen molar-refractivity contribution in [2.24, 2.45) is 0 Å². The van der Waals surface area contributed by atoms with Crippen molar-refractivity contribution in [3.8, 4) is 12.8 Å². The highest BCUT2D eigenvalue weighted by molar-refractivity contribution is 5.93. The standard InChI is InChI=1S/C5H10N2O2.C2H2/c1-3-4(8)7-5(9)6-2;1-2/h3H2,1-2H3,(H2,6,7,8,9);1-2H. The number of amides is 3. The van der Waals surface area contributed by atoms with Gasteiger partial charge in [0.25, 0.3) is 0 Å². The van der Waals surface area contributed by atoms with Gasteiger partial charge in [-0.15, -0.1) is 12.8 Å². The van der Waals surface area contributed by atoms with Crippen molar-refractivity contribution >= 4 is 11.9 Å². The monoisotopic (exact) mass is 156 g/mol. The molecule has 0 aliphatic heterocycles. The fourth-order valence-electron chi connectivity index (χ4n) is 0.278. The van der Waals surface area contributed by atoms with Gasteiger partial charge in [0.2, 0.25) is 5.91 Å². The molecule has 0 atom stereocenters. The highest BCUT2D eigenvalue weighted by Crippen LogP contribution is 1.72. The summed E-state index contributed by atoms with van der Waals surface area (Å²) in [4.78, 5) is 20.7. The van der Waals surface area contributed by atoms with Crippen molar-refractivity contribution in [1.82, 2.24) is 10.6 Å². The summed E-state index contributed by atoms with van der Waals surface area (Å²) in [5, 5.41) is 4.35. The fraction of sp³-hybridized carbons (Fsp3) is 0.429. The molecular formula is C7H12N2O2. The Morgan fingerprint density at radius 1 is 1.36 bits per heavy atom. The number of carbonyl (C=O) groups excluding carboxylic acids is 2. The van der Waals surface area contributed by atoms with E-state index in [2.05, 4.69) is 23.5 Å². The van der Waals surface area contributed by atoms with E-state index in [9.17, 15) is 9.59 Å². The summed E-state index contributed by atoms with van der Waals surface area (Å²) in [5.41, 5.74) is 0. The van der Waals surface area contributed by atoms with Gasteiger partial charge in [-0.05, 0) is 0 Å². The molecule has 0 saturated heterocycles. The van der Waals surface area contributed by atoms with E-state index in [1.165, 1.54) is 7.05 Å². The Balaban J connectivity index is 0. The Morgan fingerprint density at radius 2 is 1.82 bits per heavy atom. The zero-order chi connectivity index (χ0) is 9.28. The summed E-state index contributed by atoms with van der Waals surface area (Å²) in [6, 6.07) is -0.457. The summed E-state index contributed by atoms with van der Waals surface area (Å²) >= 11 is 0. The molecule has 0 bridgehead atoms. The molecule has 4 heteroatoms. The van der Waals surface area contributed by atoms with E-state index in [4.69, 9.17) is 0 Å². The zero-order valence-corrected chi connectivity index (χ0v) is 6.68. The van der Waals surface area contributed by atoms with Crippen molar-refractivity contribution in [2.45, 2.75) is 13.3 Å². The summed E-state index contributed by atoms with van der Waals surface area (Å²) in [5.74, 6) is -0.269. The summed E-state index contributed by atoms with van der Waals surface area (Å²) in [6.07, 6.45) is 8.33. The first kappa shape index (κ1) is 12.2. The molecular weight excluding hydrogens is 144 g/mol. The number of hydrogen-bond donors (Lipinski definition) is 2. The SMILES string of the molecule is C#C.CCC(=O)NC(=O)NC. The Hall–Kier alpha value is -1.50. The van der Waals surface area contributed by atoms with Crippen LogP contribution < -0.4 is 10.6 Å². The number of rotatable bonds is 1. The molecule has 3 amide bonds. The fourth-order valence-corrected chi connectivity index (χ4v) is 0.278. The first-order valence-electron chi connectivity index (χ1n) is 3.05. The minimum Gasteiger partial charge on any atom is -0.341 e. The number of hydrogen-bond acceptors (Lipinski definition) is 2. The smallest absolute Gasteiger partial charge is 0.321 e. The molecule has 62 valence electrons. The van der Waals surface area contributed by atoms with Crippen LogP contribution in [0.15, 0.2) is 0 Å². The molecule has 0 fully saturated rings. The van der Waals surface area contributed by atoms with Crippen LogP contribution in [0.3, 0.4) is 0 Å². The van der Waals surface area contributed by atoms with Crippen molar-refractivity contribution in [1.29, 1.82) is 0 Å². The molecule has 4 nitrogen and oxygen atoms in total. The minimum atomic E-state index is -0.457. The van der Waals surface area contributed by atoms with Gasteiger partial charge in [0.15, 0.2) is 0 Å². The molecule has 0 aromatic rings. The molecule has 0 aromatic carbocycles. The van der Waals surface area contributed by atoms with Gasteiger partial charge in [0.05, 0.1) is 0 Å². The van der Waals surface area contributed by atoms with E-state index in [0.29, 0.717) is 6.42 Å². The van der Waals surface area contributed by atoms with Crippen molar-refractivity contribution in [3.05, 3.63) is 0 Å². The lowest BCUT2D eigenvalue weighted by Gasteiger charge is -1.98. The summed E-state index contributed by atoms with van der Waals surface area (Å²) in [7, 11) is 1.46. The lowest BCUT2D eigenvalue weighted by atomic mass is 10.5. The van der Waals surface area contributed by atoms with Gasteiger partial charge in [-0.1, -0.05) is 6.92 Å². The molecule has 11 heavy (non-hydrogen) atoms. The lowest BCUT2D eigenvalue weighted by molar-refractivity contribution is -0.119. The van der Waals surface area contributed by atoms with Crippen LogP contribution in [0.5, 0.6) is 0 Å². The number of nitrogens with one attached hydrogen (secondary N) is 2. The normalized spacial score (nSPS) is 6.91. The molecule has 0 aromatic heterocycles. The molecule has 0 rings (SSSR count). The van der Waals surface area contributed by atoms with Crippen molar-refractivity contribution in [3.63, 3.8) is 0 Å². The first-order valence-corrected chi connectivity index (χ1v) is 3.05. The maximum Gasteiger partial charge on any atom is 0.321 e. The van der Waals surface area contributed by atoms with Gasteiger partial charge >= 0.3 is 6.03 Å².